The number of rotatable bonds is 13. The molecule has 11 heteroatoms. The van der Waals surface area contributed by atoms with Crippen LogP contribution in [-0.4, -0.2) is 65.0 Å². The lowest BCUT2D eigenvalue weighted by Gasteiger charge is -2.16. The number of anilines is 1. The average Bonchev–Trinajstić information content (AvgIpc) is 3.06. The summed E-state index contributed by atoms with van der Waals surface area (Å²) in [7, 11) is 1.84. The predicted octanol–water partition coefficient (Wildman–Crippen LogP) is 4.41. The van der Waals surface area contributed by atoms with E-state index in [1.807, 2.05) is 32.2 Å². The highest BCUT2D eigenvalue weighted by Gasteiger charge is 2.15. The number of carbonyl (C=O) groups is 3. The van der Waals surface area contributed by atoms with E-state index in [0.29, 0.717) is 42.9 Å². The number of phenols is 2. The van der Waals surface area contributed by atoms with E-state index in [9.17, 15) is 24.6 Å². The zero-order valence-electron chi connectivity index (χ0n) is 26.5. The van der Waals surface area contributed by atoms with Crippen LogP contribution in [0.4, 0.5) is 5.82 Å². The first-order chi connectivity index (χ1) is 22.2. The Hall–Kier alpha value is -5.29. The fourth-order valence-corrected chi connectivity index (χ4v) is 4.74. The average molecular weight is 627 g/mol. The van der Waals surface area contributed by atoms with Gasteiger partial charge in [-0.1, -0.05) is 31.2 Å². The van der Waals surface area contributed by atoms with Gasteiger partial charge in [0.2, 0.25) is 5.91 Å². The molecule has 0 spiro atoms. The largest absolute Gasteiger partial charge is 0.508 e. The Morgan fingerprint density at radius 3 is 2.24 bits per heavy atom. The number of unbranched alkanes of at least 4 members (excludes halogenated alkanes) is 1. The molecule has 0 aliphatic heterocycles. The third-order valence-corrected chi connectivity index (χ3v) is 7.22. The monoisotopic (exact) mass is 626 g/mol. The number of aromatic hydroxyl groups is 2. The van der Waals surface area contributed by atoms with Crippen molar-refractivity contribution in [1.29, 1.82) is 0 Å². The Morgan fingerprint density at radius 2 is 1.59 bits per heavy atom. The number of nitrogens with two attached hydrogens (primary N) is 1. The fourth-order valence-electron chi connectivity index (χ4n) is 4.74. The number of benzene rings is 2. The summed E-state index contributed by atoms with van der Waals surface area (Å²) in [5, 5.41) is 27.5. The highest BCUT2D eigenvalue weighted by Crippen LogP contribution is 2.36. The summed E-state index contributed by atoms with van der Waals surface area (Å²) in [4.78, 5) is 42.7. The van der Waals surface area contributed by atoms with E-state index in [-0.39, 0.29) is 23.3 Å². The zero-order chi connectivity index (χ0) is 33.5. The Kier molecular flexibility index (Phi) is 13.7. The molecule has 0 bridgehead atoms. The molecular formula is C35H42N6O5. The lowest BCUT2D eigenvalue weighted by molar-refractivity contribution is -0.121. The second-order valence-corrected chi connectivity index (χ2v) is 10.6. The van der Waals surface area contributed by atoms with Crippen LogP contribution in [0.1, 0.15) is 58.2 Å². The maximum absolute atomic E-state index is 12.0. The minimum absolute atomic E-state index is 0.0328. The Morgan fingerprint density at radius 1 is 0.870 bits per heavy atom. The van der Waals surface area contributed by atoms with Gasteiger partial charge in [0.25, 0.3) is 5.91 Å². The molecular weight excluding hydrogens is 584 g/mol. The van der Waals surface area contributed by atoms with Crippen molar-refractivity contribution in [3.05, 3.63) is 89.4 Å². The van der Waals surface area contributed by atoms with E-state index >= 15 is 0 Å². The van der Waals surface area contributed by atoms with Crippen LogP contribution in [0.25, 0.3) is 22.3 Å². The molecule has 46 heavy (non-hydrogen) atoms. The van der Waals surface area contributed by atoms with Crippen molar-refractivity contribution in [1.82, 2.24) is 25.9 Å². The molecule has 11 nitrogen and oxygen atoms in total. The van der Waals surface area contributed by atoms with Gasteiger partial charge in [0, 0.05) is 60.7 Å². The number of likely N-dealkylation sites (N-methyl/N-ethyl adjacent to an activating group) is 1. The molecule has 0 unspecified atom stereocenters. The van der Waals surface area contributed by atoms with E-state index in [1.54, 1.807) is 42.7 Å². The van der Waals surface area contributed by atoms with Gasteiger partial charge in [-0.2, -0.15) is 0 Å². The molecule has 4 aromatic rings. The molecule has 2 heterocycles. The third kappa shape index (κ3) is 10.1. The zero-order valence-corrected chi connectivity index (χ0v) is 26.5. The first kappa shape index (κ1) is 35.2. The normalized spacial score (nSPS) is 10.4. The SMILES string of the molecule is CCc1c(-c2ccc(C=O)nc2)cnc(N)c1-c1ccc(O)cc1.CNCCNC(=O)CCCCNC(=O)c1cc(O)ccc1C. The lowest BCUT2D eigenvalue weighted by atomic mass is 9.92. The highest BCUT2D eigenvalue weighted by atomic mass is 16.3. The number of nitrogens with zero attached hydrogens (tertiary/aromatic N) is 2. The first-order valence-electron chi connectivity index (χ1n) is 15.2. The fraction of sp³-hybridized carbons (Fsp3) is 0.286. The number of carbonyl (C=O) groups excluding carboxylic acids is 3. The van der Waals surface area contributed by atoms with Gasteiger partial charge < -0.3 is 31.9 Å². The Labute approximate surface area is 269 Å². The van der Waals surface area contributed by atoms with E-state index in [4.69, 9.17) is 5.73 Å². The summed E-state index contributed by atoms with van der Waals surface area (Å²) in [6.45, 7) is 5.77. The van der Waals surface area contributed by atoms with Crippen LogP contribution in [0, 0.1) is 6.92 Å². The molecule has 2 aromatic carbocycles. The van der Waals surface area contributed by atoms with E-state index in [0.717, 1.165) is 59.2 Å². The number of pyridine rings is 2. The second kappa shape index (κ2) is 17.9. The quantitative estimate of drug-likeness (QED) is 0.0926. The number of amides is 2. The Bertz CT molecular complexity index is 1610. The number of aldehydes is 1. The molecule has 242 valence electrons. The van der Waals surface area contributed by atoms with Crippen molar-refractivity contribution in [3.8, 4) is 33.8 Å². The molecule has 0 fully saturated rings. The first-order valence-corrected chi connectivity index (χ1v) is 15.2. The molecule has 0 atom stereocenters. The highest BCUT2D eigenvalue weighted by molar-refractivity contribution is 5.96. The van der Waals surface area contributed by atoms with Gasteiger partial charge in [-0.3, -0.25) is 19.4 Å². The minimum Gasteiger partial charge on any atom is -0.508 e. The molecule has 2 aromatic heterocycles. The van der Waals surface area contributed by atoms with Gasteiger partial charge in [-0.25, -0.2) is 4.98 Å². The van der Waals surface area contributed by atoms with Crippen LogP contribution in [0.15, 0.2) is 67.0 Å². The number of phenolic OH excluding ortho intramolecular Hbond substituents is 2. The summed E-state index contributed by atoms with van der Waals surface area (Å²) in [6, 6.07) is 15.1. The number of nitrogens with one attached hydrogen (secondary N) is 3. The maximum atomic E-state index is 12.0. The summed E-state index contributed by atoms with van der Waals surface area (Å²) in [5.74, 6) is 0.554. The molecule has 0 saturated heterocycles. The van der Waals surface area contributed by atoms with Gasteiger partial charge >= 0.3 is 0 Å². The number of hydrogen-bond acceptors (Lipinski definition) is 9. The van der Waals surface area contributed by atoms with E-state index in [2.05, 4.69) is 32.8 Å². The van der Waals surface area contributed by atoms with E-state index < -0.39 is 0 Å². The van der Waals surface area contributed by atoms with Crippen LogP contribution in [-0.2, 0) is 11.2 Å². The van der Waals surface area contributed by atoms with Gasteiger partial charge in [-0.05, 0) is 80.3 Å². The Balaban J connectivity index is 0.000000252. The predicted molar refractivity (Wildman–Crippen MR) is 180 cm³/mol. The van der Waals surface area contributed by atoms with Crippen LogP contribution in [0.2, 0.25) is 0 Å². The number of aromatic nitrogens is 2. The van der Waals surface area contributed by atoms with Crippen LogP contribution in [0.3, 0.4) is 0 Å². The van der Waals surface area contributed by atoms with Gasteiger partial charge in [0.1, 0.15) is 23.0 Å². The molecule has 7 N–H and O–H groups in total. The molecule has 0 saturated carbocycles. The molecule has 0 aliphatic carbocycles. The molecule has 4 rings (SSSR count). The van der Waals surface area contributed by atoms with Crippen LogP contribution < -0.4 is 21.7 Å². The third-order valence-electron chi connectivity index (χ3n) is 7.22. The van der Waals surface area contributed by atoms with E-state index in [1.165, 1.54) is 6.07 Å². The minimum atomic E-state index is -0.202. The van der Waals surface area contributed by atoms with Crippen LogP contribution in [0.5, 0.6) is 11.5 Å². The number of nitrogen functional groups attached to an aromatic ring is 1. The second-order valence-electron chi connectivity index (χ2n) is 10.6. The summed E-state index contributed by atoms with van der Waals surface area (Å²) in [5.41, 5.74) is 12.4. The lowest BCUT2D eigenvalue weighted by Crippen LogP contribution is -2.30. The van der Waals surface area contributed by atoms with Crippen molar-refractivity contribution in [2.45, 2.75) is 39.5 Å². The molecule has 0 aliphatic rings. The van der Waals surface area contributed by atoms with Gasteiger partial charge in [0.05, 0.1) is 0 Å². The summed E-state index contributed by atoms with van der Waals surface area (Å²) in [6.07, 6.45) is 6.80. The van der Waals surface area contributed by atoms with Crippen LogP contribution >= 0.6 is 0 Å². The van der Waals surface area contributed by atoms with Crippen molar-refractivity contribution in [2.24, 2.45) is 0 Å². The maximum Gasteiger partial charge on any atom is 0.251 e. The molecule has 2 amide bonds. The topological polar surface area (TPSA) is 180 Å². The van der Waals surface area contributed by atoms with Crippen molar-refractivity contribution in [3.63, 3.8) is 0 Å². The smallest absolute Gasteiger partial charge is 0.251 e. The summed E-state index contributed by atoms with van der Waals surface area (Å²) >= 11 is 0. The number of hydrogen-bond donors (Lipinski definition) is 6. The van der Waals surface area contributed by atoms with Gasteiger partial charge in [0.15, 0.2) is 6.29 Å². The van der Waals surface area contributed by atoms with Crippen molar-refractivity contribution < 1.29 is 24.6 Å². The standard InChI is InChI=1S/C19H17N3O2.C16H25N3O3/c1-2-16-17(13-3-6-14(11-23)21-9-13)10-22-19(20)18(16)12-4-7-15(24)8-5-12;1-12-6-7-13(20)11-14(12)16(22)19-8-4-3-5-15(21)18-10-9-17-2/h3-11,24H,2H2,1H3,(H2,20,22);6-7,11,17,20H,3-5,8-10H2,1-2H3,(H,18,21)(H,19,22). The molecule has 0 radical (unpaired) electrons. The number of aryl methyl sites for hydroxylation is 1. The summed E-state index contributed by atoms with van der Waals surface area (Å²) < 4.78 is 0. The van der Waals surface area contributed by atoms with Gasteiger partial charge in [-0.15, -0.1) is 0 Å². The van der Waals surface area contributed by atoms with Crippen molar-refractivity contribution >= 4 is 23.9 Å². The van der Waals surface area contributed by atoms with Crippen molar-refractivity contribution in [2.75, 3.05) is 32.4 Å².